The van der Waals surface area contributed by atoms with E-state index in [1.807, 2.05) is 35.0 Å². The van der Waals surface area contributed by atoms with Crippen LogP contribution in [0.15, 0.2) is 67.3 Å². The maximum atomic E-state index is 9.08. The fraction of sp³-hybridized carbons (Fsp3) is 0.211. The van der Waals surface area contributed by atoms with Crippen LogP contribution in [0.5, 0.6) is 0 Å². The first-order valence-electron chi connectivity index (χ1n) is 7.76. The second-order valence-corrected chi connectivity index (χ2v) is 5.64. The monoisotopic (exact) mass is 307 g/mol. The van der Waals surface area contributed by atoms with Crippen molar-refractivity contribution >= 4 is 0 Å². The number of aliphatic hydroxyl groups excluding tert-OH is 1. The van der Waals surface area contributed by atoms with Crippen molar-refractivity contribution in [3.63, 3.8) is 0 Å². The van der Waals surface area contributed by atoms with Gasteiger partial charge in [-0.25, -0.2) is 4.98 Å². The van der Waals surface area contributed by atoms with Crippen LogP contribution in [0.1, 0.15) is 29.7 Å². The molecule has 1 heterocycles. The van der Waals surface area contributed by atoms with E-state index in [2.05, 4.69) is 41.5 Å². The molecule has 23 heavy (non-hydrogen) atoms. The van der Waals surface area contributed by atoms with E-state index >= 15 is 0 Å². The maximum Gasteiger partial charge on any atom is 0.0991 e. The summed E-state index contributed by atoms with van der Waals surface area (Å²) >= 11 is 0. The highest BCUT2D eigenvalue weighted by Crippen LogP contribution is 2.17. The van der Waals surface area contributed by atoms with Gasteiger partial charge in [-0.1, -0.05) is 36.4 Å². The van der Waals surface area contributed by atoms with Crippen molar-refractivity contribution in [2.24, 2.45) is 0 Å². The molecular formula is C19H21N3O. The fourth-order valence-electron chi connectivity index (χ4n) is 2.52. The van der Waals surface area contributed by atoms with Crippen LogP contribution in [-0.4, -0.2) is 14.7 Å². The Bertz CT molecular complexity index is 736. The quantitative estimate of drug-likeness (QED) is 0.735. The normalized spacial score (nSPS) is 12.3. The van der Waals surface area contributed by atoms with E-state index in [0.29, 0.717) is 0 Å². The third-order valence-electron chi connectivity index (χ3n) is 3.99. The predicted molar refractivity (Wildman–Crippen MR) is 91.2 cm³/mol. The highest BCUT2D eigenvalue weighted by Gasteiger charge is 2.06. The number of nitrogens with one attached hydrogen (secondary N) is 1. The van der Waals surface area contributed by atoms with Gasteiger partial charge in [0.15, 0.2) is 0 Å². The number of benzene rings is 2. The van der Waals surface area contributed by atoms with Crippen molar-refractivity contribution < 1.29 is 5.11 Å². The molecule has 0 radical (unpaired) electrons. The topological polar surface area (TPSA) is 50.1 Å². The molecule has 4 nitrogen and oxygen atoms in total. The third kappa shape index (κ3) is 3.86. The van der Waals surface area contributed by atoms with E-state index in [0.717, 1.165) is 17.8 Å². The Labute approximate surface area is 136 Å². The van der Waals surface area contributed by atoms with Gasteiger partial charge in [0, 0.05) is 30.7 Å². The van der Waals surface area contributed by atoms with Crippen molar-refractivity contribution in [2.75, 3.05) is 0 Å². The first kappa shape index (κ1) is 15.5. The standard InChI is InChI=1S/C19H21N3O/c1-15(21-12-16-5-7-17(13-23)8-6-16)18-3-2-4-19(11-18)22-10-9-20-14-22/h2-11,14-15,21,23H,12-13H2,1H3. The highest BCUT2D eigenvalue weighted by molar-refractivity contribution is 5.37. The molecule has 0 saturated carbocycles. The van der Waals surface area contributed by atoms with E-state index in [-0.39, 0.29) is 12.6 Å². The molecule has 0 saturated heterocycles. The summed E-state index contributed by atoms with van der Waals surface area (Å²) < 4.78 is 2.00. The number of aliphatic hydroxyl groups is 1. The van der Waals surface area contributed by atoms with E-state index in [4.69, 9.17) is 5.11 Å². The lowest BCUT2D eigenvalue weighted by molar-refractivity contribution is 0.282. The average Bonchev–Trinajstić information content (AvgIpc) is 3.15. The van der Waals surface area contributed by atoms with Crippen molar-refractivity contribution in [3.05, 3.63) is 83.9 Å². The Morgan fingerprint density at radius 3 is 2.61 bits per heavy atom. The summed E-state index contributed by atoms with van der Waals surface area (Å²) in [7, 11) is 0. The van der Waals surface area contributed by atoms with Gasteiger partial charge in [0.1, 0.15) is 0 Å². The summed E-state index contributed by atoms with van der Waals surface area (Å²) in [6.07, 6.45) is 5.53. The lowest BCUT2D eigenvalue weighted by Gasteiger charge is -2.16. The van der Waals surface area contributed by atoms with Gasteiger partial charge in [-0.2, -0.15) is 0 Å². The van der Waals surface area contributed by atoms with Gasteiger partial charge in [0.2, 0.25) is 0 Å². The summed E-state index contributed by atoms with van der Waals surface area (Å²) in [6, 6.07) is 16.7. The Morgan fingerprint density at radius 2 is 1.91 bits per heavy atom. The van der Waals surface area contributed by atoms with Crippen LogP contribution >= 0.6 is 0 Å². The highest BCUT2D eigenvalue weighted by atomic mass is 16.3. The van der Waals surface area contributed by atoms with Crippen LogP contribution in [-0.2, 0) is 13.2 Å². The molecule has 1 aromatic heterocycles. The lowest BCUT2D eigenvalue weighted by atomic mass is 10.1. The molecule has 0 aliphatic carbocycles. The molecule has 0 amide bonds. The van der Waals surface area contributed by atoms with Gasteiger partial charge in [-0.3, -0.25) is 0 Å². The van der Waals surface area contributed by atoms with Gasteiger partial charge in [0.25, 0.3) is 0 Å². The summed E-state index contributed by atoms with van der Waals surface area (Å²) in [5.74, 6) is 0. The summed E-state index contributed by atoms with van der Waals surface area (Å²) in [5, 5.41) is 12.6. The van der Waals surface area contributed by atoms with Crippen LogP contribution < -0.4 is 5.32 Å². The molecule has 1 atom stereocenters. The lowest BCUT2D eigenvalue weighted by Crippen LogP contribution is -2.18. The SMILES string of the molecule is CC(NCc1ccc(CO)cc1)c1cccc(-n2ccnc2)c1. The molecule has 0 spiro atoms. The summed E-state index contributed by atoms with van der Waals surface area (Å²) in [6.45, 7) is 3.04. The Hall–Kier alpha value is -2.43. The zero-order valence-electron chi connectivity index (χ0n) is 13.2. The number of nitrogens with zero attached hydrogens (tertiary/aromatic N) is 2. The average molecular weight is 307 g/mol. The number of rotatable bonds is 6. The molecule has 0 aliphatic rings. The first-order valence-corrected chi connectivity index (χ1v) is 7.76. The van der Waals surface area contributed by atoms with Crippen molar-refractivity contribution in [1.82, 2.24) is 14.9 Å². The van der Waals surface area contributed by atoms with E-state index < -0.39 is 0 Å². The molecule has 2 N–H and O–H groups in total. The first-order chi connectivity index (χ1) is 11.3. The molecule has 0 fully saturated rings. The van der Waals surface area contributed by atoms with E-state index in [1.165, 1.54) is 11.1 Å². The third-order valence-corrected chi connectivity index (χ3v) is 3.99. The zero-order chi connectivity index (χ0) is 16.1. The molecule has 1 unspecified atom stereocenters. The van der Waals surface area contributed by atoms with Gasteiger partial charge >= 0.3 is 0 Å². The van der Waals surface area contributed by atoms with Gasteiger partial charge in [-0.15, -0.1) is 0 Å². The van der Waals surface area contributed by atoms with Gasteiger partial charge in [-0.05, 0) is 35.7 Å². The van der Waals surface area contributed by atoms with Crippen molar-refractivity contribution in [3.8, 4) is 5.69 Å². The molecule has 3 rings (SSSR count). The Balaban J connectivity index is 1.65. The molecule has 0 bridgehead atoms. The Morgan fingerprint density at radius 1 is 1.13 bits per heavy atom. The van der Waals surface area contributed by atoms with E-state index in [1.54, 1.807) is 12.5 Å². The summed E-state index contributed by atoms with van der Waals surface area (Å²) in [4.78, 5) is 4.09. The second kappa shape index (κ2) is 7.22. The molecule has 2 aromatic carbocycles. The minimum atomic E-state index is 0.0884. The molecule has 3 aromatic rings. The predicted octanol–water partition coefficient (Wildman–Crippen LogP) is 3.22. The van der Waals surface area contributed by atoms with E-state index in [9.17, 15) is 0 Å². The minimum absolute atomic E-state index is 0.0884. The van der Waals surface area contributed by atoms with Gasteiger partial charge < -0.3 is 15.0 Å². The Kier molecular flexibility index (Phi) is 4.86. The van der Waals surface area contributed by atoms with Crippen LogP contribution in [0.4, 0.5) is 0 Å². The number of aromatic nitrogens is 2. The largest absolute Gasteiger partial charge is 0.392 e. The number of hydrogen-bond acceptors (Lipinski definition) is 3. The minimum Gasteiger partial charge on any atom is -0.392 e. The zero-order valence-corrected chi connectivity index (χ0v) is 13.2. The van der Waals surface area contributed by atoms with Gasteiger partial charge in [0.05, 0.1) is 12.9 Å². The number of hydrogen-bond donors (Lipinski definition) is 2. The second-order valence-electron chi connectivity index (χ2n) is 5.64. The molecule has 118 valence electrons. The van der Waals surface area contributed by atoms with Crippen LogP contribution in [0.25, 0.3) is 5.69 Å². The maximum absolute atomic E-state index is 9.08. The van der Waals surface area contributed by atoms with Crippen LogP contribution in [0, 0.1) is 0 Å². The van der Waals surface area contributed by atoms with Crippen LogP contribution in [0.2, 0.25) is 0 Å². The van der Waals surface area contributed by atoms with Crippen molar-refractivity contribution in [1.29, 1.82) is 0 Å². The summed E-state index contributed by atoms with van der Waals surface area (Å²) in [5.41, 5.74) is 4.50. The van der Waals surface area contributed by atoms with Crippen molar-refractivity contribution in [2.45, 2.75) is 26.1 Å². The number of imidazole rings is 1. The fourth-order valence-corrected chi connectivity index (χ4v) is 2.52. The smallest absolute Gasteiger partial charge is 0.0991 e. The molecular weight excluding hydrogens is 286 g/mol. The molecule has 4 heteroatoms. The van der Waals surface area contributed by atoms with Crippen LogP contribution in [0.3, 0.4) is 0 Å². The molecule has 0 aliphatic heterocycles.